The first-order valence-corrected chi connectivity index (χ1v) is 11.5. The first-order chi connectivity index (χ1) is 13.8. The highest BCUT2D eigenvalue weighted by atomic mass is 16.6. The molecule has 6 rings (SSSR count). The van der Waals surface area contributed by atoms with Crippen molar-refractivity contribution in [2.45, 2.75) is 89.6 Å². The minimum absolute atomic E-state index is 0.0431. The Bertz CT molecular complexity index is 814. The van der Waals surface area contributed by atoms with Gasteiger partial charge >= 0.3 is 5.97 Å². The summed E-state index contributed by atoms with van der Waals surface area (Å²) in [6, 6.07) is 0. The molecule has 9 atom stereocenters. The number of esters is 1. The van der Waals surface area contributed by atoms with E-state index < -0.39 is 5.60 Å². The average molecular weight is 401 g/mol. The fraction of sp³-hybridized carbons (Fsp3) is 0.833. The molecule has 158 valence electrons. The van der Waals surface area contributed by atoms with Gasteiger partial charge < -0.3 is 14.2 Å². The Morgan fingerprint density at radius 3 is 2.69 bits per heavy atom. The molecule has 0 aromatic heterocycles. The van der Waals surface area contributed by atoms with Crippen LogP contribution >= 0.6 is 0 Å². The van der Waals surface area contributed by atoms with E-state index in [1.165, 1.54) is 18.9 Å². The van der Waals surface area contributed by atoms with Crippen LogP contribution in [-0.4, -0.2) is 42.3 Å². The first kappa shape index (κ1) is 18.6. The molecular formula is C24H32O5. The Balaban J connectivity index is 1.28. The molecule has 0 bridgehead atoms. The minimum atomic E-state index is -0.554. The van der Waals surface area contributed by atoms with Crippen LogP contribution in [0.15, 0.2) is 11.6 Å². The first-order valence-electron chi connectivity index (χ1n) is 11.5. The van der Waals surface area contributed by atoms with Crippen LogP contribution in [0.3, 0.4) is 0 Å². The molecule has 0 N–H and O–H groups in total. The maximum absolute atomic E-state index is 13.1. The summed E-state index contributed by atoms with van der Waals surface area (Å²) in [7, 11) is 0. The predicted molar refractivity (Wildman–Crippen MR) is 105 cm³/mol. The van der Waals surface area contributed by atoms with Gasteiger partial charge in [0, 0.05) is 18.8 Å². The second-order valence-corrected chi connectivity index (χ2v) is 11.0. The van der Waals surface area contributed by atoms with Crippen molar-refractivity contribution in [2.24, 2.45) is 28.6 Å². The van der Waals surface area contributed by atoms with Gasteiger partial charge in [-0.25, -0.2) is 0 Å². The van der Waals surface area contributed by atoms with Crippen molar-refractivity contribution in [3.05, 3.63) is 11.6 Å². The molecule has 6 aliphatic rings. The normalized spacial score (nSPS) is 54.2. The number of rotatable bonds is 3. The molecule has 2 heterocycles. The summed E-state index contributed by atoms with van der Waals surface area (Å²) in [5.41, 5.74) is 1.13. The third-order valence-electron chi connectivity index (χ3n) is 9.81. The maximum Gasteiger partial charge on any atom is 0.302 e. The highest BCUT2D eigenvalue weighted by molar-refractivity contribution is 5.97. The van der Waals surface area contributed by atoms with Gasteiger partial charge in [-0.2, -0.15) is 0 Å². The lowest BCUT2D eigenvalue weighted by Crippen LogP contribution is -2.55. The fourth-order valence-electron chi connectivity index (χ4n) is 8.25. The molecule has 5 fully saturated rings. The number of fused-ring (bicyclic) bond motifs is 7. The smallest absolute Gasteiger partial charge is 0.302 e. The van der Waals surface area contributed by atoms with E-state index >= 15 is 0 Å². The number of carbonyl (C=O) groups excluding carboxylic acids is 2. The van der Waals surface area contributed by atoms with Crippen LogP contribution in [0.4, 0.5) is 0 Å². The molecule has 0 amide bonds. The zero-order valence-corrected chi connectivity index (χ0v) is 17.7. The summed E-state index contributed by atoms with van der Waals surface area (Å²) in [5.74, 6) is 1.92. The largest absolute Gasteiger partial charge is 0.462 e. The molecule has 4 aliphatic carbocycles. The number of Topliss-reactive ketones (excluding diaryl/α,β-unsaturated/α-hetero) is 1. The van der Waals surface area contributed by atoms with Gasteiger partial charge in [-0.15, -0.1) is 0 Å². The Hall–Kier alpha value is -1.20. The van der Waals surface area contributed by atoms with E-state index in [9.17, 15) is 9.59 Å². The second-order valence-electron chi connectivity index (χ2n) is 11.0. The molecule has 5 nitrogen and oxygen atoms in total. The highest BCUT2D eigenvalue weighted by Gasteiger charge is 2.81. The van der Waals surface area contributed by atoms with Crippen molar-refractivity contribution in [3.63, 3.8) is 0 Å². The molecule has 0 spiro atoms. The van der Waals surface area contributed by atoms with Crippen LogP contribution in [0, 0.1) is 28.6 Å². The topological polar surface area (TPSA) is 68.4 Å². The number of carbonyl (C=O) groups is 2. The number of epoxide rings is 2. The van der Waals surface area contributed by atoms with E-state index in [0.717, 1.165) is 38.5 Å². The Kier molecular flexibility index (Phi) is 3.67. The molecule has 0 unspecified atom stereocenters. The van der Waals surface area contributed by atoms with Gasteiger partial charge in [-0.3, -0.25) is 9.59 Å². The van der Waals surface area contributed by atoms with E-state index in [0.29, 0.717) is 24.4 Å². The van der Waals surface area contributed by atoms with Gasteiger partial charge in [0.05, 0.1) is 12.7 Å². The molecule has 0 aromatic carbocycles. The van der Waals surface area contributed by atoms with Crippen LogP contribution in [0.1, 0.15) is 65.7 Å². The quantitative estimate of drug-likeness (QED) is 0.411. The third kappa shape index (κ3) is 2.29. The molecule has 29 heavy (non-hydrogen) atoms. The summed E-state index contributed by atoms with van der Waals surface area (Å²) in [6.07, 6.45) is 9.75. The van der Waals surface area contributed by atoms with Crippen LogP contribution in [0.5, 0.6) is 0 Å². The second kappa shape index (κ2) is 5.73. The van der Waals surface area contributed by atoms with Crippen LogP contribution in [0.25, 0.3) is 0 Å². The maximum atomic E-state index is 13.1. The average Bonchev–Trinajstić information content (AvgIpc) is 3.58. The lowest BCUT2D eigenvalue weighted by Gasteiger charge is -2.58. The van der Waals surface area contributed by atoms with E-state index in [-0.39, 0.29) is 40.9 Å². The number of hydrogen-bond donors (Lipinski definition) is 0. The van der Waals surface area contributed by atoms with Gasteiger partial charge in [0.15, 0.2) is 11.4 Å². The zero-order valence-electron chi connectivity index (χ0n) is 17.7. The molecular weight excluding hydrogens is 368 g/mol. The van der Waals surface area contributed by atoms with Crippen molar-refractivity contribution < 1.29 is 23.8 Å². The summed E-state index contributed by atoms with van der Waals surface area (Å²) in [5, 5.41) is 0. The fourth-order valence-corrected chi connectivity index (χ4v) is 8.25. The lowest BCUT2D eigenvalue weighted by atomic mass is 9.47. The lowest BCUT2D eigenvalue weighted by molar-refractivity contribution is -0.149. The SMILES string of the molecule is CC(=O)O[C@H]1CC[C@@]2(C)C(=CC[C@@H]3[C@@H]2CC[C@@]2(C)[C@H]3C[C@@H]3O[C@@]32C(=O)[C@@H]2CO2)C1. The van der Waals surface area contributed by atoms with Crippen molar-refractivity contribution >= 4 is 11.8 Å². The Morgan fingerprint density at radius 1 is 1.17 bits per heavy atom. The van der Waals surface area contributed by atoms with Crippen molar-refractivity contribution in [1.29, 1.82) is 0 Å². The van der Waals surface area contributed by atoms with Gasteiger partial charge in [-0.1, -0.05) is 25.5 Å². The minimum Gasteiger partial charge on any atom is -0.462 e. The van der Waals surface area contributed by atoms with Gasteiger partial charge in [0.1, 0.15) is 12.2 Å². The Morgan fingerprint density at radius 2 is 1.97 bits per heavy atom. The van der Waals surface area contributed by atoms with Crippen molar-refractivity contribution in [3.8, 4) is 0 Å². The Labute approximate surface area is 172 Å². The van der Waals surface area contributed by atoms with E-state index in [4.69, 9.17) is 14.2 Å². The van der Waals surface area contributed by atoms with Gasteiger partial charge in [0.25, 0.3) is 0 Å². The molecule has 2 saturated heterocycles. The standard InChI is InChI=1S/C24H32O5/c1-13(25)28-15-6-8-22(2)14(10-15)4-5-16-17(22)7-9-23(3)18(16)11-20-24(23,29-20)21(26)19-12-27-19/h4,15-20H,5-12H2,1-3H3/t15-,16+,17-,18-,19-,20-,22-,23-,24+/m0/s1. The summed E-state index contributed by atoms with van der Waals surface area (Å²) in [6.45, 7) is 6.88. The molecule has 3 saturated carbocycles. The number of ketones is 1. The van der Waals surface area contributed by atoms with Crippen molar-refractivity contribution in [1.82, 2.24) is 0 Å². The summed E-state index contributed by atoms with van der Waals surface area (Å²) < 4.78 is 17.0. The number of ether oxygens (including phenoxy) is 3. The van der Waals surface area contributed by atoms with Crippen LogP contribution in [0.2, 0.25) is 0 Å². The van der Waals surface area contributed by atoms with Gasteiger partial charge in [-0.05, 0) is 61.7 Å². The van der Waals surface area contributed by atoms with Gasteiger partial charge in [0.2, 0.25) is 0 Å². The zero-order chi connectivity index (χ0) is 20.2. The van der Waals surface area contributed by atoms with E-state index in [1.54, 1.807) is 0 Å². The summed E-state index contributed by atoms with van der Waals surface area (Å²) in [4.78, 5) is 24.5. The molecule has 2 aliphatic heterocycles. The van der Waals surface area contributed by atoms with Crippen LogP contribution in [-0.2, 0) is 23.8 Å². The van der Waals surface area contributed by atoms with E-state index in [2.05, 4.69) is 19.9 Å². The summed E-state index contributed by atoms with van der Waals surface area (Å²) >= 11 is 0. The molecule has 5 heteroatoms. The highest BCUT2D eigenvalue weighted by Crippen LogP contribution is 2.73. The predicted octanol–water partition coefficient (Wildman–Crippen LogP) is 3.60. The number of hydrogen-bond acceptors (Lipinski definition) is 5. The monoisotopic (exact) mass is 400 g/mol. The van der Waals surface area contributed by atoms with Crippen molar-refractivity contribution in [2.75, 3.05) is 6.61 Å². The number of allylic oxidation sites excluding steroid dienone is 1. The van der Waals surface area contributed by atoms with Crippen LogP contribution < -0.4 is 0 Å². The molecule has 0 radical (unpaired) electrons. The van der Waals surface area contributed by atoms with E-state index in [1.807, 2.05) is 0 Å². The molecule has 0 aromatic rings. The third-order valence-corrected chi connectivity index (χ3v) is 9.81.